The van der Waals surface area contributed by atoms with Gasteiger partial charge in [0, 0.05) is 12.1 Å². The van der Waals surface area contributed by atoms with Crippen molar-refractivity contribution in [3.8, 4) is 0 Å². The van der Waals surface area contributed by atoms with Gasteiger partial charge >= 0.3 is 0 Å². The molecule has 6 nitrogen and oxygen atoms in total. The number of carbonyl (C=O) groups is 1. The van der Waals surface area contributed by atoms with Crippen LogP contribution in [0.4, 0.5) is 0 Å². The quantitative estimate of drug-likeness (QED) is 0.580. The number of carbonyl (C=O) groups excluding carboxylic acids is 1. The summed E-state index contributed by atoms with van der Waals surface area (Å²) in [4.78, 5) is 32.2. The minimum Gasteiger partial charge on any atom is -0.352 e. The Morgan fingerprint density at radius 2 is 1.72 bits per heavy atom. The largest absolute Gasteiger partial charge is 0.352 e. The van der Waals surface area contributed by atoms with Crippen molar-refractivity contribution in [1.82, 2.24) is 19.8 Å². The van der Waals surface area contributed by atoms with Crippen molar-refractivity contribution < 1.29 is 4.79 Å². The van der Waals surface area contributed by atoms with Crippen LogP contribution in [0.15, 0.2) is 41.2 Å². The van der Waals surface area contributed by atoms with Crippen LogP contribution in [0.2, 0.25) is 0 Å². The summed E-state index contributed by atoms with van der Waals surface area (Å²) in [6, 6.07) is 11.6. The fourth-order valence-corrected chi connectivity index (χ4v) is 4.34. The van der Waals surface area contributed by atoms with Gasteiger partial charge in [-0.1, -0.05) is 12.1 Å². The normalized spacial score (nSPS) is 14.2. The van der Waals surface area contributed by atoms with E-state index in [9.17, 15) is 9.59 Å². The van der Waals surface area contributed by atoms with Crippen LogP contribution in [-0.2, 0) is 6.54 Å². The average molecular weight is 433 g/mol. The first-order chi connectivity index (χ1) is 15.4. The van der Waals surface area contributed by atoms with Gasteiger partial charge in [0.05, 0.1) is 17.6 Å². The van der Waals surface area contributed by atoms with E-state index in [-0.39, 0.29) is 11.5 Å². The molecule has 2 heterocycles. The van der Waals surface area contributed by atoms with Gasteiger partial charge in [0.15, 0.2) is 0 Å². The highest BCUT2D eigenvalue weighted by Crippen LogP contribution is 2.18. The van der Waals surface area contributed by atoms with Crippen LogP contribution < -0.4 is 10.9 Å². The lowest BCUT2D eigenvalue weighted by atomic mass is 10.1. The maximum Gasteiger partial charge on any atom is 0.272 e. The second-order valence-electron chi connectivity index (χ2n) is 8.87. The second kappa shape index (κ2) is 9.65. The molecule has 1 fully saturated rings. The highest BCUT2D eigenvalue weighted by Gasteiger charge is 2.12. The Morgan fingerprint density at radius 3 is 2.44 bits per heavy atom. The number of hydrogen-bond donors (Lipinski definition) is 1. The first-order valence-electron chi connectivity index (χ1n) is 11.5. The minimum atomic E-state index is -0.0828. The predicted octanol–water partition coefficient (Wildman–Crippen LogP) is 3.59. The summed E-state index contributed by atoms with van der Waals surface area (Å²) in [5, 5.41) is 3.02. The summed E-state index contributed by atoms with van der Waals surface area (Å²) in [5.74, 6) is -0.0496. The number of benzene rings is 2. The summed E-state index contributed by atoms with van der Waals surface area (Å²) >= 11 is 0. The first kappa shape index (κ1) is 22.2. The molecular weight excluding hydrogens is 400 g/mol. The number of hydrogen-bond acceptors (Lipinski definition) is 4. The molecule has 1 saturated heterocycles. The van der Waals surface area contributed by atoms with Crippen molar-refractivity contribution in [3.63, 3.8) is 0 Å². The van der Waals surface area contributed by atoms with Crippen molar-refractivity contribution in [3.05, 3.63) is 74.7 Å². The molecule has 0 spiro atoms. The van der Waals surface area contributed by atoms with E-state index in [0.717, 1.165) is 40.7 Å². The van der Waals surface area contributed by atoms with Crippen molar-refractivity contribution in [1.29, 1.82) is 0 Å². The van der Waals surface area contributed by atoms with E-state index < -0.39 is 0 Å². The van der Waals surface area contributed by atoms with Crippen LogP contribution in [0.25, 0.3) is 11.0 Å². The number of amides is 1. The minimum absolute atomic E-state index is 0.0496. The van der Waals surface area contributed by atoms with Crippen molar-refractivity contribution in [2.45, 2.75) is 46.6 Å². The van der Waals surface area contributed by atoms with Gasteiger partial charge < -0.3 is 14.8 Å². The molecule has 3 aromatic rings. The fourth-order valence-electron chi connectivity index (χ4n) is 4.34. The van der Waals surface area contributed by atoms with E-state index in [2.05, 4.69) is 22.1 Å². The SMILES string of the molecule is Cc1cc2nc(C)c(=O)n(Cc3ccc(C(=O)NCCCN4CCCC4)cc3)c2cc1C. The summed E-state index contributed by atoms with van der Waals surface area (Å²) < 4.78 is 1.78. The third-order valence-electron chi connectivity index (χ3n) is 6.42. The van der Waals surface area contributed by atoms with Gasteiger partial charge in [-0.25, -0.2) is 4.98 Å². The third-order valence-corrected chi connectivity index (χ3v) is 6.42. The Morgan fingerprint density at radius 1 is 1.03 bits per heavy atom. The molecule has 0 radical (unpaired) electrons. The van der Waals surface area contributed by atoms with Crippen LogP contribution in [0.5, 0.6) is 0 Å². The number of fused-ring (bicyclic) bond motifs is 1. The zero-order chi connectivity index (χ0) is 22.7. The number of aryl methyl sites for hydroxylation is 3. The molecule has 32 heavy (non-hydrogen) atoms. The van der Waals surface area contributed by atoms with E-state index >= 15 is 0 Å². The molecule has 1 amide bonds. The van der Waals surface area contributed by atoms with E-state index in [1.165, 1.54) is 25.9 Å². The molecule has 1 N–H and O–H groups in total. The van der Waals surface area contributed by atoms with Crippen LogP contribution >= 0.6 is 0 Å². The van der Waals surface area contributed by atoms with Crippen LogP contribution in [0, 0.1) is 20.8 Å². The topological polar surface area (TPSA) is 67.2 Å². The van der Waals surface area contributed by atoms with Gasteiger partial charge in [-0.3, -0.25) is 9.59 Å². The number of aromatic nitrogens is 2. The summed E-state index contributed by atoms with van der Waals surface area (Å²) in [6.07, 6.45) is 3.55. The molecule has 168 valence electrons. The van der Waals surface area contributed by atoms with Gasteiger partial charge in [0.1, 0.15) is 5.69 Å². The molecule has 2 aromatic carbocycles. The molecule has 6 heteroatoms. The number of nitrogens with one attached hydrogen (secondary N) is 1. The summed E-state index contributed by atoms with van der Waals surface area (Å²) in [6.45, 7) is 10.4. The van der Waals surface area contributed by atoms with Gasteiger partial charge in [0.25, 0.3) is 11.5 Å². The van der Waals surface area contributed by atoms with E-state index in [1.807, 2.05) is 43.3 Å². The molecule has 0 aliphatic carbocycles. The van der Waals surface area contributed by atoms with Gasteiger partial charge in [0.2, 0.25) is 0 Å². The molecule has 0 saturated carbocycles. The zero-order valence-electron chi connectivity index (χ0n) is 19.3. The summed E-state index contributed by atoms with van der Waals surface area (Å²) in [7, 11) is 0. The number of nitrogens with zero attached hydrogens (tertiary/aromatic N) is 3. The predicted molar refractivity (Wildman–Crippen MR) is 128 cm³/mol. The maximum absolute atomic E-state index is 12.8. The molecule has 0 bridgehead atoms. The van der Waals surface area contributed by atoms with Crippen LogP contribution in [0.1, 0.15) is 52.0 Å². The molecule has 1 aliphatic rings. The molecular formula is C26H32N4O2. The van der Waals surface area contributed by atoms with E-state index in [1.54, 1.807) is 11.5 Å². The lowest BCUT2D eigenvalue weighted by Crippen LogP contribution is -2.28. The number of likely N-dealkylation sites (tertiary alicyclic amines) is 1. The van der Waals surface area contributed by atoms with Gasteiger partial charge in [-0.15, -0.1) is 0 Å². The monoisotopic (exact) mass is 432 g/mol. The van der Waals surface area contributed by atoms with Gasteiger partial charge in [-0.2, -0.15) is 0 Å². The fraction of sp³-hybridized carbons (Fsp3) is 0.423. The Balaban J connectivity index is 1.44. The Kier molecular flexibility index (Phi) is 6.70. The van der Waals surface area contributed by atoms with Crippen molar-refractivity contribution in [2.24, 2.45) is 0 Å². The molecule has 0 unspecified atom stereocenters. The maximum atomic E-state index is 12.8. The number of rotatable bonds is 7. The Hall–Kier alpha value is -2.99. The third kappa shape index (κ3) is 4.91. The van der Waals surface area contributed by atoms with Crippen LogP contribution in [-0.4, -0.2) is 46.5 Å². The first-order valence-corrected chi connectivity index (χ1v) is 11.5. The standard InChI is InChI=1S/C26H32N4O2/c1-18-15-23-24(16-19(18)2)30(26(32)20(3)28-23)17-21-7-9-22(10-8-21)25(31)27-11-6-14-29-12-4-5-13-29/h7-10,15-16H,4-6,11-14,17H2,1-3H3,(H,27,31). The van der Waals surface area contributed by atoms with E-state index in [0.29, 0.717) is 24.3 Å². The van der Waals surface area contributed by atoms with Gasteiger partial charge in [-0.05, 0) is 101 Å². The molecule has 1 aliphatic heterocycles. The second-order valence-corrected chi connectivity index (χ2v) is 8.87. The highest BCUT2D eigenvalue weighted by atomic mass is 16.1. The van der Waals surface area contributed by atoms with Crippen molar-refractivity contribution >= 4 is 16.9 Å². The zero-order valence-corrected chi connectivity index (χ0v) is 19.3. The van der Waals surface area contributed by atoms with Crippen molar-refractivity contribution in [2.75, 3.05) is 26.2 Å². The van der Waals surface area contributed by atoms with Crippen LogP contribution in [0.3, 0.4) is 0 Å². The Bertz CT molecular complexity index is 1180. The lowest BCUT2D eigenvalue weighted by molar-refractivity contribution is 0.0952. The molecule has 1 aromatic heterocycles. The summed E-state index contributed by atoms with van der Waals surface area (Å²) in [5.41, 5.74) is 5.98. The smallest absolute Gasteiger partial charge is 0.272 e. The van der Waals surface area contributed by atoms with E-state index in [4.69, 9.17) is 0 Å². The average Bonchev–Trinajstić information content (AvgIpc) is 3.30. The molecule has 4 rings (SSSR count). The molecule has 0 atom stereocenters. The Labute approximate surface area is 189 Å². The highest BCUT2D eigenvalue weighted by molar-refractivity contribution is 5.94. The lowest BCUT2D eigenvalue weighted by Gasteiger charge is -2.14.